The molecule has 1 N–H and O–H groups in total. The fraction of sp³-hybridized carbons (Fsp3) is 0.625. The first-order valence-electron chi connectivity index (χ1n) is 7.71. The van der Waals surface area contributed by atoms with Crippen LogP contribution in [0.2, 0.25) is 0 Å². The van der Waals surface area contributed by atoms with E-state index in [-0.39, 0.29) is 10.6 Å². The summed E-state index contributed by atoms with van der Waals surface area (Å²) in [5, 5.41) is 14.2. The van der Waals surface area contributed by atoms with Crippen molar-refractivity contribution < 1.29 is 4.92 Å². The van der Waals surface area contributed by atoms with Crippen LogP contribution in [0.1, 0.15) is 39.2 Å². The topological polar surface area (TPSA) is 58.4 Å². The van der Waals surface area contributed by atoms with Gasteiger partial charge in [0.05, 0.1) is 4.92 Å². The van der Waals surface area contributed by atoms with Crippen LogP contribution in [-0.2, 0) is 0 Å². The quantitative estimate of drug-likeness (QED) is 0.555. The third-order valence-corrected chi connectivity index (χ3v) is 3.81. The maximum Gasteiger partial charge on any atom is 0.272 e. The molecule has 21 heavy (non-hydrogen) atoms. The van der Waals surface area contributed by atoms with E-state index in [9.17, 15) is 10.1 Å². The highest BCUT2D eigenvalue weighted by Gasteiger charge is 2.11. The van der Waals surface area contributed by atoms with Crippen molar-refractivity contribution in [3.8, 4) is 0 Å². The number of aryl methyl sites for hydroxylation is 1. The lowest BCUT2D eigenvalue weighted by Crippen LogP contribution is -2.25. The van der Waals surface area contributed by atoms with Gasteiger partial charge in [-0.1, -0.05) is 13.8 Å². The Labute approximate surface area is 127 Å². The number of nitro groups is 1. The Balaban J connectivity index is 2.46. The van der Waals surface area contributed by atoms with Gasteiger partial charge in [0.25, 0.3) is 5.69 Å². The fourth-order valence-corrected chi connectivity index (χ4v) is 2.47. The number of nitrogens with one attached hydrogen (secondary N) is 1. The Hall–Kier alpha value is -1.62. The van der Waals surface area contributed by atoms with Gasteiger partial charge in [0.2, 0.25) is 0 Å². The summed E-state index contributed by atoms with van der Waals surface area (Å²) in [6.45, 7) is 11.6. The molecule has 0 spiro atoms. The number of hydrogen-bond acceptors (Lipinski definition) is 4. The van der Waals surface area contributed by atoms with Crippen molar-refractivity contribution in [2.75, 3.05) is 25.0 Å². The van der Waals surface area contributed by atoms with Crippen molar-refractivity contribution in [1.29, 1.82) is 0 Å². The van der Waals surface area contributed by atoms with Crippen LogP contribution < -0.4 is 5.32 Å². The van der Waals surface area contributed by atoms with E-state index in [2.05, 4.69) is 31.0 Å². The summed E-state index contributed by atoms with van der Waals surface area (Å²) in [5.74, 6) is 0. The molecule has 5 nitrogen and oxygen atoms in total. The second-order valence-corrected chi connectivity index (χ2v) is 5.47. The maximum absolute atomic E-state index is 10.8. The van der Waals surface area contributed by atoms with Gasteiger partial charge < -0.3 is 10.2 Å². The van der Waals surface area contributed by atoms with E-state index in [1.807, 2.05) is 6.07 Å². The lowest BCUT2D eigenvalue weighted by Gasteiger charge is -2.20. The van der Waals surface area contributed by atoms with Gasteiger partial charge in [-0.3, -0.25) is 10.1 Å². The standard InChI is InChI=1S/C16H27N3O2/c1-5-18(6-2)11-7-8-14(4)17-15-9-10-16(19(20)21)13(3)12-15/h9-10,12,14,17H,5-8,11H2,1-4H3. The van der Waals surface area contributed by atoms with E-state index >= 15 is 0 Å². The van der Waals surface area contributed by atoms with Crippen molar-refractivity contribution in [2.45, 2.75) is 46.6 Å². The Bertz CT molecular complexity index is 459. The Morgan fingerprint density at radius 3 is 2.52 bits per heavy atom. The molecule has 0 saturated heterocycles. The molecule has 0 radical (unpaired) electrons. The molecule has 1 unspecified atom stereocenters. The van der Waals surface area contributed by atoms with E-state index in [0.29, 0.717) is 11.6 Å². The van der Waals surface area contributed by atoms with Crippen molar-refractivity contribution in [3.05, 3.63) is 33.9 Å². The van der Waals surface area contributed by atoms with E-state index in [1.165, 1.54) is 0 Å². The third kappa shape index (κ3) is 5.71. The molecule has 0 bridgehead atoms. The van der Waals surface area contributed by atoms with Crippen LogP contribution in [-0.4, -0.2) is 35.5 Å². The SMILES string of the molecule is CCN(CC)CCCC(C)Nc1ccc([N+](=O)[O-])c(C)c1. The Morgan fingerprint density at radius 1 is 1.33 bits per heavy atom. The average molecular weight is 293 g/mol. The van der Waals surface area contributed by atoms with Crippen LogP contribution >= 0.6 is 0 Å². The smallest absolute Gasteiger partial charge is 0.272 e. The largest absolute Gasteiger partial charge is 0.383 e. The van der Waals surface area contributed by atoms with Gasteiger partial charge >= 0.3 is 0 Å². The summed E-state index contributed by atoms with van der Waals surface area (Å²) in [7, 11) is 0. The molecule has 1 atom stereocenters. The van der Waals surface area contributed by atoms with Gasteiger partial charge in [-0.25, -0.2) is 0 Å². The molecule has 1 aromatic rings. The molecule has 0 amide bonds. The number of rotatable bonds is 9. The van der Waals surface area contributed by atoms with E-state index in [1.54, 1.807) is 19.1 Å². The normalized spacial score (nSPS) is 12.4. The fourth-order valence-electron chi connectivity index (χ4n) is 2.47. The van der Waals surface area contributed by atoms with Gasteiger partial charge in [-0.2, -0.15) is 0 Å². The molecule has 0 aliphatic heterocycles. The monoisotopic (exact) mass is 293 g/mol. The zero-order valence-electron chi connectivity index (χ0n) is 13.6. The van der Waals surface area contributed by atoms with Gasteiger partial charge in [-0.05, 0) is 58.5 Å². The molecule has 118 valence electrons. The molecule has 5 heteroatoms. The van der Waals surface area contributed by atoms with E-state index in [4.69, 9.17) is 0 Å². The molecule has 0 aromatic heterocycles. The van der Waals surface area contributed by atoms with Crippen molar-refractivity contribution >= 4 is 11.4 Å². The van der Waals surface area contributed by atoms with Gasteiger partial charge in [0, 0.05) is 23.4 Å². The number of nitro benzene ring substituents is 1. The lowest BCUT2D eigenvalue weighted by molar-refractivity contribution is -0.385. The lowest BCUT2D eigenvalue weighted by atomic mass is 10.1. The number of benzene rings is 1. The predicted molar refractivity (Wildman–Crippen MR) is 87.9 cm³/mol. The summed E-state index contributed by atoms with van der Waals surface area (Å²) in [4.78, 5) is 12.9. The minimum absolute atomic E-state index is 0.176. The molecule has 0 aliphatic carbocycles. The van der Waals surface area contributed by atoms with Gasteiger partial charge in [0.15, 0.2) is 0 Å². The second-order valence-electron chi connectivity index (χ2n) is 5.47. The number of hydrogen-bond donors (Lipinski definition) is 1. The highest BCUT2D eigenvalue weighted by molar-refractivity contribution is 5.53. The molecule has 0 aliphatic rings. The van der Waals surface area contributed by atoms with Crippen LogP contribution in [0.4, 0.5) is 11.4 Å². The number of nitrogens with zero attached hydrogens (tertiary/aromatic N) is 2. The summed E-state index contributed by atoms with van der Waals surface area (Å²) in [6.07, 6.45) is 2.24. The van der Waals surface area contributed by atoms with E-state index < -0.39 is 0 Å². The Kier molecular flexibility index (Phi) is 7.15. The molecule has 0 fully saturated rings. The minimum atomic E-state index is -0.341. The van der Waals surface area contributed by atoms with Crippen molar-refractivity contribution in [1.82, 2.24) is 4.90 Å². The second kappa shape index (κ2) is 8.62. The number of anilines is 1. The molecular formula is C16H27N3O2. The van der Waals surface area contributed by atoms with Crippen LogP contribution in [0.25, 0.3) is 0 Å². The molecule has 1 rings (SSSR count). The first-order chi connectivity index (χ1) is 9.97. The van der Waals surface area contributed by atoms with Crippen LogP contribution in [0.3, 0.4) is 0 Å². The maximum atomic E-state index is 10.8. The first kappa shape index (κ1) is 17.4. The summed E-state index contributed by atoms with van der Waals surface area (Å²) < 4.78 is 0. The highest BCUT2D eigenvalue weighted by atomic mass is 16.6. The first-order valence-corrected chi connectivity index (χ1v) is 7.71. The summed E-state index contributed by atoms with van der Waals surface area (Å²) in [5.41, 5.74) is 1.82. The van der Waals surface area contributed by atoms with Gasteiger partial charge in [-0.15, -0.1) is 0 Å². The minimum Gasteiger partial charge on any atom is -0.383 e. The van der Waals surface area contributed by atoms with Crippen LogP contribution in [0.15, 0.2) is 18.2 Å². The average Bonchev–Trinajstić information content (AvgIpc) is 2.43. The predicted octanol–water partition coefficient (Wildman–Crippen LogP) is 3.83. The zero-order chi connectivity index (χ0) is 15.8. The zero-order valence-corrected chi connectivity index (χ0v) is 13.6. The molecule has 0 saturated carbocycles. The Morgan fingerprint density at radius 2 is 2.00 bits per heavy atom. The van der Waals surface area contributed by atoms with Crippen molar-refractivity contribution in [3.63, 3.8) is 0 Å². The van der Waals surface area contributed by atoms with Crippen LogP contribution in [0, 0.1) is 17.0 Å². The van der Waals surface area contributed by atoms with Crippen molar-refractivity contribution in [2.24, 2.45) is 0 Å². The summed E-state index contributed by atoms with van der Waals surface area (Å²) >= 11 is 0. The van der Waals surface area contributed by atoms with E-state index in [0.717, 1.165) is 38.2 Å². The van der Waals surface area contributed by atoms with Gasteiger partial charge in [0.1, 0.15) is 0 Å². The third-order valence-electron chi connectivity index (χ3n) is 3.81. The molecule has 1 aromatic carbocycles. The molecule has 0 heterocycles. The molecular weight excluding hydrogens is 266 g/mol. The summed E-state index contributed by atoms with van der Waals surface area (Å²) in [6, 6.07) is 5.56. The highest BCUT2D eigenvalue weighted by Crippen LogP contribution is 2.22. The van der Waals surface area contributed by atoms with Crippen LogP contribution in [0.5, 0.6) is 0 Å².